The zero-order valence-corrected chi connectivity index (χ0v) is 27.0. The quantitative estimate of drug-likeness (QED) is 0.0560. The molecule has 9 N–H and O–H groups in total. The van der Waals surface area contributed by atoms with Crippen LogP contribution in [0.2, 0.25) is 0 Å². The number of primary amides is 1. The number of aliphatic hydroxyl groups is 4. The van der Waals surface area contributed by atoms with Crippen LogP contribution in [0.5, 0.6) is 0 Å². The number of phosphoric ester groups is 2. The number of carbonyl (C=O) groups excluding carboxylic acids is 1. The van der Waals surface area contributed by atoms with Crippen LogP contribution in [0.3, 0.4) is 0 Å². The molecule has 3 aromatic heterocycles. The number of hydrogen-bond donors (Lipinski definition) is 7. The van der Waals surface area contributed by atoms with Crippen molar-refractivity contribution < 1.29 is 101 Å². The van der Waals surface area contributed by atoms with Gasteiger partial charge < -0.3 is 55.7 Å². The predicted octanol–water partition coefficient (Wildman–Crippen LogP) is -6.64. The molecule has 0 aliphatic carbocycles. The van der Waals surface area contributed by atoms with E-state index >= 15 is 0 Å². The van der Waals surface area contributed by atoms with Crippen molar-refractivity contribution in [2.75, 3.05) is 18.9 Å². The maximum Gasteiger partial charge on any atom is 1.00 e. The smallest absolute Gasteiger partial charge is 0.756 e. The number of nitrogen functional groups attached to an aromatic ring is 1. The largest absolute Gasteiger partial charge is 1.00 e. The van der Waals surface area contributed by atoms with E-state index in [-0.39, 0.29) is 52.1 Å². The van der Waals surface area contributed by atoms with E-state index in [9.17, 15) is 44.1 Å². The van der Waals surface area contributed by atoms with Gasteiger partial charge in [-0.3, -0.25) is 18.5 Å². The minimum absolute atomic E-state index is 0. The van der Waals surface area contributed by atoms with Crippen LogP contribution in [0.4, 0.5) is 5.82 Å². The fraction of sp³-hybridized carbons (Fsp3) is 0.476. The molecule has 5 rings (SSSR count). The summed E-state index contributed by atoms with van der Waals surface area (Å²) in [5.41, 5.74) is 11.4. The van der Waals surface area contributed by atoms with Gasteiger partial charge in [-0.2, -0.15) is 4.57 Å². The molecule has 0 aromatic carbocycles. The number of pyridine rings is 1. The van der Waals surface area contributed by atoms with E-state index < -0.39 is 83.8 Å². The van der Waals surface area contributed by atoms with Gasteiger partial charge in [-0.15, -0.1) is 0 Å². The Kier molecular flexibility index (Phi) is 11.1. The first kappa shape index (κ1) is 35.8. The molecular weight excluding hydrogens is 659 g/mol. The van der Waals surface area contributed by atoms with Crippen LogP contribution in [0.1, 0.15) is 22.8 Å². The number of nitrogens with zero attached hydrogens (tertiary/aromatic N) is 5. The van der Waals surface area contributed by atoms with Gasteiger partial charge in [0.1, 0.15) is 47.9 Å². The molecule has 2 unspecified atom stereocenters. The molecule has 2 saturated heterocycles. The van der Waals surface area contributed by atoms with Gasteiger partial charge in [0.2, 0.25) is 0 Å². The second-order valence-corrected chi connectivity index (χ2v) is 12.7. The number of aliphatic hydroxyl groups excluding tert-OH is 4. The number of ether oxygens (including phenoxy) is 2. The van der Waals surface area contributed by atoms with Gasteiger partial charge in [-0.05, 0) is 6.07 Å². The number of nitrogens with two attached hydrogens (primary N) is 2. The van der Waals surface area contributed by atoms with Crippen LogP contribution in [0, 0.1) is 0 Å². The Labute approximate surface area is 274 Å². The number of phosphoric acid groups is 2. The molecule has 21 nitrogen and oxygen atoms in total. The Hall–Kier alpha value is -2.01. The molecule has 45 heavy (non-hydrogen) atoms. The van der Waals surface area contributed by atoms with Crippen molar-refractivity contribution in [3.8, 4) is 0 Å². The van der Waals surface area contributed by atoms with Crippen molar-refractivity contribution >= 4 is 38.5 Å². The van der Waals surface area contributed by atoms with E-state index in [1.165, 1.54) is 40.0 Å². The zero-order chi connectivity index (χ0) is 32.0. The zero-order valence-electron chi connectivity index (χ0n) is 23.2. The van der Waals surface area contributed by atoms with Crippen LogP contribution in [0.25, 0.3) is 11.2 Å². The Balaban J connectivity index is 0.00000461. The van der Waals surface area contributed by atoms with Crippen molar-refractivity contribution in [3.05, 3.63) is 42.7 Å². The van der Waals surface area contributed by atoms with Crippen LogP contribution in [-0.2, 0) is 32.0 Å². The van der Waals surface area contributed by atoms with E-state index in [2.05, 4.69) is 28.3 Å². The third kappa shape index (κ3) is 7.77. The number of fused-ring (bicyclic) bond motifs is 1. The maximum atomic E-state index is 12.4. The SMILES string of the molecule is NC(=O)c1ccc[n+]([C@@H]2O[C@H](COP(=O)([O-])OP(=O)(O)OC[C@H]3O[C@@H](n4cnc5c(N)ncnc54)[C@H](O)[C@@H]3O)[C@@H](O)[C@H]2O)c1.[Na+]. The Bertz CT molecular complexity index is 1640. The first-order valence-corrected chi connectivity index (χ1v) is 15.5. The minimum atomic E-state index is -5.62. The van der Waals surface area contributed by atoms with Crippen molar-refractivity contribution in [1.29, 1.82) is 0 Å². The monoisotopic (exact) mass is 686 g/mol. The number of hydrogen-bond acceptors (Lipinski definition) is 17. The molecule has 10 atom stereocenters. The average molecular weight is 686 g/mol. The molecule has 240 valence electrons. The number of anilines is 1. The average Bonchev–Trinajstić information content (AvgIpc) is 3.61. The second kappa shape index (κ2) is 14.0. The molecule has 5 heterocycles. The normalized spacial score (nSPS) is 30.9. The van der Waals surface area contributed by atoms with Gasteiger partial charge in [0.05, 0.1) is 19.5 Å². The van der Waals surface area contributed by atoms with Crippen LogP contribution >= 0.6 is 15.6 Å². The summed E-state index contributed by atoms with van der Waals surface area (Å²) in [5, 5.41) is 41.6. The summed E-state index contributed by atoms with van der Waals surface area (Å²) in [5.74, 6) is -0.729. The minimum Gasteiger partial charge on any atom is -0.756 e. The summed E-state index contributed by atoms with van der Waals surface area (Å²) in [6, 6.07) is 2.82. The van der Waals surface area contributed by atoms with E-state index in [1.807, 2.05) is 0 Å². The Morgan fingerprint density at radius 1 is 1.04 bits per heavy atom. The van der Waals surface area contributed by atoms with Crippen molar-refractivity contribution in [1.82, 2.24) is 19.5 Å². The molecule has 0 spiro atoms. The number of imidazole rings is 1. The van der Waals surface area contributed by atoms with Gasteiger partial charge in [-0.1, -0.05) is 0 Å². The van der Waals surface area contributed by atoms with Crippen LogP contribution in [0.15, 0.2) is 37.2 Å². The first-order valence-electron chi connectivity index (χ1n) is 12.6. The fourth-order valence-electron chi connectivity index (χ4n) is 4.57. The number of carbonyl (C=O) groups is 1. The molecule has 2 fully saturated rings. The van der Waals surface area contributed by atoms with Gasteiger partial charge >= 0.3 is 37.4 Å². The number of rotatable bonds is 11. The van der Waals surface area contributed by atoms with Gasteiger partial charge in [0.15, 0.2) is 36.2 Å². The summed E-state index contributed by atoms with van der Waals surface area (Å²) in [7, 11) is -11.0. The number of amides is 1. The molecule has 0 saturated carbocycles. The van der Waals surface area contributed by atoms with Crippen LogP contribution < -0.4 is 50.5 Å². The molecular formula is C21H27N7NaO14P2+. The maximum absolute atomic E-state index is 12.4. The van der Waals surface area contributed by atoms with Crippen molar-refractivity contribution in [2.24, 2.45) is 5.73 Å². The third-order valence-electron chi connectivity index (χ3n) is 6.74. The van der Waals surface area contributed by atoms with Crippen LogP contribution in [-0.4, -0.2) is 101 Å². The third-order valence-corrected chi connectivity index (χ3v) is 9.30. The second-order valence-electron chi connectivity index (χ2n) is 9.67. The topological polar surface area (TPSA) is 321 Å². The van der Waals surface area contributed by atoms with E-state index in [4.69, 9.17) is 20.9 Å². The first-order chi connectivity index (χ1) is 20.7. The molecule has 3 aromatic rings. The summed E-state index contributed by atoms with van der Waals surface area (Å²) in [6.45, 7) is -1.89. The molecule has 24 heteroatoms. The van der Waals surface area contributed by atoms with Gasteiger partial charge in [-0.25, -0.2) is 23.8 Å². The summed E-state index contributed by atoms with van der Waals surface area (Å²) < 4.78 is 51.5. The van der Waals surface area contributed by atoms with E-state index in [1.54, 1.807) is 0 Å². The fourth-order valence-corrected chi connectivity index (χ4v) is 6.62. The van der Waals surface area contributed by atoms with Gasteiger partial charge in [0, 0.05) is 6.07 Å². The summed E-state index contributed by atoms with van der Waals surface area (Å²) >= 11 is 0. The summed E-state index contributed by atoms with van der Waals surface area (Å²) in [6.07, 6.45) is -7.05. The van der Waals surface area contributed by atoms with Crippen molar-refractivity contribution in [2.45, 2.75) is 49.1 Å². The van der Waals surface area contributed by atoms with E-state index in [0.717, 1.165) is 6.33 Å². The molecule has 0 bridgehead atoms. The molecule has 2 aliphatic heterocycles. The Morgan fingerprint density at radius 2 is 1.71 bits per heavy atom. The standard InChI is InChI=1S/C21H27N7O14P2.Na/c22-17-12-19(25-7-24-17)28(8-26-12)21-16(32)14(30)11(41-21)6-39-44(36,37)42-43(34,35)38-5-10-13(29)15(31)20(40-10)27-3-1-2-9(4-27)18(23)33;/h1-4,7-8,10-11,13-16,20-21,29-32H,5-6H2,(H5-,22,23,24,25,33,34,35,36,37);/q;+1/t10-,11-,13-,14-,15-,16-,20-,21-;/m1./s1. The molecule has 1 amide bonds. The number of aromatic nitrogens is 5. The van der Waals surface area contributed by atoms with E-state index in [0.29, 0.717) is 0 Å². The van der Waals surface area contributed by atoms with Gasteiger partial charge in [0.25, 0.3) is 20.0 Å². The van der Waals surface area contributed by atoms with Crippen molar-refractivity contribution in [3.63, 3.8) is 0 Å². The molecule has 2 aliphatic rings. The Morgan fingerprint density at radius 3 is 2.42 bits per heavy atom. The predicted molar refractivity (Wildman–Crippen MR) is 137 cm³/mol. The summed E-state index contributed by atoms with van der Waals surface area (Å²) in [4.78, 5) is 45.5. The molecule has 0 radical (unpaired) electrons.